The Balaban J connectivity index is 1.52. The number of nitro benzene ring substituents is 1. The number of aryl methyl sites for hydroxylation is 1. The van der Waals surface area contributed by atoms with Crippen molar-refractivity contribution in [3.05, 3.63) is 68.8 Å². The minimum Gasteiger partial charge on any atom is -0.508 e. The van der Waals surface area contributed by atoms with Crippen molar-refractivity contribution in [3.63, 3.8) is 0 Å². The Hall–Kier alpha value is -2.40. The molecule has 2 aromatic carbocycles. The predicted molar refractivity (Wildman–Crippen MR) is 128 cm³/mol. The lowest BCUT2D eigenvalue weighted by molar-refractivity contribution is -0.384. The fraction of sp³-hybridized carbons (Fsp3) is 0.556. The second-order valence-electron chi connectivity index (χ2n) is 10.8. The minimum absolute atomic E-state index is 0.0145. The van der Waals surface area contributed by atoms with Gasteiger partial charge in [-0.05, 0) is 71.1 Å². The fourth-order valence-electron chi connectivity index (χ4n) is 6.52. The van der Waals surface area contributed by atoms with Crippen molar-refractivity contribution in [2.24, 2.45) is 11.3 Å². The van der Waals surface area contributed by atoms with Crippen molar-refractivity contribution < 1.29 is 10.0 Å². The summed E-state index contributed by atoms with van der Waals surface area (Å²) < 4.78 is 0. The zero-order valence-corrected chi connectivity index (χ0v) is 19.8. The SMILES string of the molecule is CC(C)c1ccc2c(c1)CC[C@H]1[C@](C)(CNCc3cc([N+](=O)[O-])ccc3O)CCC[C@@]21C. The molecule has 0 spiro atoms. The highest BCUT2D eigenvalue weighted by atomic mass is 16.6. The second-order valence-corrected chi connectivity index (χ2v) is 10.8. The van der Waals surface area contributed by atoms with E-state index >= 15 is 0 Å². The third-order valence-electron chi connectivity index (χ3n) is 8.29. The zero-order chi connectivity index (χ0) is 23.1. The standard InChI is InChI=1S/C27H36N2O3/c1-18(2)19-6-9-23-20(14-19)7-11-25-26(3,12-5-13-27(23,25)4)17-28-16-21-15-22(29(31)32)8-10-24(21)30/h6,8-10,14-15,18,25,28,30H,5,7,11-13,16-17H2,1-4H3/t25-,26-,27-/m0/s1. The number of nitrogens with one attached hydrogen (secondary N) is 1. The Bertz CT molecular complexity index is 1020. The number of phenolic OH excluding ortho intramolecular Hbond substituents is 1. The maximum absolute atomic E-state index is 11.1. The summed E-state index contributed by atoms with van der Waals surface area (Å²) >= 11 is 0. The Kier molecular flexibility index (Phi) is 6.06. The van der Waals surface area contributed by atoms with Gasteiger partial charge in [-0.3, -0.25) is 10.1 Å². The van der Waals surface area contributed by atoms with Crippen LogP contribution in [0.5, 0.6) is 5.75 Å². The van der Waals surface area contributed by atoms with Gasteiger partial charge in [0.05, 0.1) is 4.92 Å². The molecule has 0 bridgehead atoms. The smallest absolute Gasteiger partial charge is 0.270 e. The highest BCUT2D eigenvalue weighted by Crippen LogP contribution is 2.57. The molecular formula is C27H36N2O3. The Labute approximate surface area is 191 Å². The number of phenols is 1. The van der Waals surface area contributed by atoms with Crippen LogP contribution >= 0.6 is 0 Å². The van der Waals surface area contributed by atoms with Crippen LogP contribution in [0.2, 0.25) is 0 Å². The molecule has 172 valence electrons. The van der Waals surface area contributed by atoms with Gasteiger partial charge in [-0.1, -0.05) is 52.3 Å². The van der Waals surface area contributed by atoms with Gasteiger partial charge in [-0.15, -0.1) is 0 Å². The molecule has 0 saturated heterocycles. The van der Waals surface area contributed by atoms with Crippen LogP contribution in [0.3, 0.4) is 0 Å². The van der Waals surface area contributed by atoms with Crippen LogP contribution < -0.4 is 5.32 Å². The van der Waals surface area contributed by atoms with Gasteiger partial charge in [0.1, 0.15) is 5.75 Å². The van der Waals surface area contributed by atoms with Gasteiger partial charge < -0.3 is 10.4 Å². The summed E-state index contributed by atoms with van der Waals surface area (Å²) in [5.74, 6) is 1.25. The number of aromatic hydroxyl groups is 1. The highest BCUT2D eigenvalue weighted by molar-refractivity contribution is 5.43. The van der Waals surface area contributed by atoms with Crippen molar-refractivity contribution in [2.45, 2.75) is 77.7 Å². The lowest BCUT2D eigenvalue weighted by Crippen LogP contribution is -2.52. The highest BCUT2D eigenvalue weighted by Gasteiger charge is 2.51. The van der Waals surface area contributed by atoms with Crippen molar-refractivity contribution in [2.75, 3.05) is 6.54 Å². The molecule has 3 atom stereocenters. The molecule has 0 radical (unpaired) electrons. The fourth-order valence-corrected chi connectivity index (χ4v) is 6.52. The van der Waals surface area contributed by atoms with E-state index in [1.54, 1.807) is 5.56 Å². The summed E-state index contributed by atoms with van der Waals surface area (Å²) in [7, 11) is 0. The number of hydrogen-bond donors (Lipinski definition) is 2. The summed E-state index contributed by atoms with van der Waals surface area (Å²) in [5.41, 5.74) is 5.44. The first kappa shape index (κ1) is 22.8. The normalized spacial score (nSPS) is 27.1. The van der Waals surface area contributed by atoms with Crippen LogP contribution in [0.15, 0.2) is 36.4 Å². The van der Waals surface area contributed by atoms with Gasteiger partial charge in [0.2, 0.25) is 0 Å². The molecule has 32 heavy (non-hydrogen) atoms. The zero-order valence-electron chi connectivity index (χ0n) is 19.8. The van der Waals surface area contributed by atoms with Crippen molar-refractivity contribution in [1.29, 1.82) is 0 Å². The molecule has 2 aliphatic rings. The Morgan fingerprint density at radius 3 is 2.69 bits per heavy atom. The lowest BCUT2D eigenvalue weighted by atomic mass is 9.49. The van der Waals surface area contributed by atoms with Gasteiger partial charge in [-0.2, -0.15) is 0 Å². The molecule has 2 aromatic rings. The van der Waals surface area contributed by atoms with E-state index in [1.165, 1.54) is 55.0 Å². The van der Waals surface area contributed by atoms with E-state index < -0.39 is 4.92 Å². The summed E-state index contributed by atoms with van der Waals surface area (Å²) in [6.07, 6.45) is 5.95. The van der Waals surface area contributed by atoms with E-state index in [0.717, 1.165) is 13.0 Å². The molecule has 0 heterocycles. The number of hydrogen-bond acceptors (Lipinski definition) is 4. The van der Waals surface area contributed by atoms with E-state index in [1.807, 2.05) is 0 Å². The molecule has 2 N–H and O–H groups in total. The van der Waals surface area contributed by atoms with E-state index in [-0.39, 0.29) is 22.3 Å². The average molecular weight is 437 g/mol. The van der Waals surface area contributed by atoms with Gasteiger partial charge in [-0.25, -0.2) is 0 Å². The third-order valence-corrected chi connectivity index (χ3v) is 8.29. The van der Waals surface area contributed by atoms with E-state index in [4.69, 9.17) is 0 Å². The van der Waals surface area contributed by atoms with Crippen LogP contribution in [0.1, 0.15) is 81.5 Å². The summed E-state index contributed by atoms with van der Waals surface area (Å²) in [4.78, 5) is 10.7. The van der Waals surface area contributed by atoms with Crippen LogP contribution in [0, 0.1) is 21.4 Å². The van der Waals surface area contributed by atoms with Gasteiger partial charge in [0.15, 0.2) is 0 Å². The molecule has 1 saturated carbocycles. The molecule has 4 rings (SSSR count). The molecule has 5 nitrogen and oxygen atoms in total. The molecule has 5 heteroatoms. The first-order valence-electron chi connectivity index (χ1n) is 11.9. The van der Waals surface area contributed by atoms with E-state index in [9.17, 15) is 15.2 Å². The number of nitro groups is 1. The molecular weight excluding hydrogens is 400 g/mol. The van der Waals surface area contributed by atoms with E-state index in [2.05, 4.69) is 51.2 Å². The number of rotatable bonds is 6. The average Bonchev–Trinajstić information content (AvgIpc) is 2.74. The largest absolute Gasteiger partial charge is 0.508 e. The number of nitrogens with zero attached hydrogens (tertiary/aromatic N) is 1. The van der Waals surface area contributed by atoms with E-state index in [0.29, 0.717) is 23.9 Å². The molecule has 2 aliphatic carbocycles. The molecule has 0 amide bonds. The third kappa shape index (κ3) is 4.03. The Morgan fingerprint density at radius 2 is 1.97 bits per heavy atom. The van der Waals surface area contributed by atoms with Crippen molar-refractivity contribution >= 4 is 5.69 Å². The molecule has 1 fully saturated rings. The van der Waals surface area contributed by atoms with Crippen LogP contribution in [0.4, 0.5) is 5.69 Å². The Morgan fingerprint density at radius 1 is 1.19 bits per heavy atom. The lowest BCUT2D eigenvalue weighted by Gasteiger charge is -2.55. The molecule has 0 aliphatic heterocycles. The van der Waals surface area contributed by atoms with Crippen LogP contribution in [-0.4, -0.2) is 16.6 Å². The van der Waals surface area contributed by atoms with Gasteiger partial charge in [0.25, 0.3) is 5.69 Å². The summed E-state index contributed by atoms with van der Waals surface area (Å²) in [6.45, 7) is 10.7. The maximum atomic E-state index is 11.1. The van der Waals surface area contributed by atoms with Crippen LogP contribution in [0.25, 0.3) is 0 Å². The number of non-ortho nitro benzene ring substituents is 1. The number of benzene rings is 2. The quantitative estimate of drug-likeness (QED) is 0.416. The molecule has 0 unspecified atom stereocenters. The monoisotopic (exact) mass is 436 g/mol. The predicted octanol–water partition coefficient (Wildman–Crippen LogP) is 6.22. The van der Waals surface area contributed by atoms with Crippen molar-refractivity contribution in [3.8, 4) is 5.75 Å². The van der Waals surface area contributed by atoms with Gasteiger partial charge >= 0.3 is 0 Å². The first-order chi connectivity index (χ1) is 15.1. The topological polar surface area (TPSA) is 75.4 Å². The second kappa shape index (κ2) is 8.51. The minimum atomic E-state index is -0.416. The van der Waals surface area contributed by atoms with Crippen LogP contribution in [-0.2, 0) is 18.4 Å². The first-order valence-corrected chi connectivity index (χ1v) is 11.9. The summed E-state index contributed by atoms with van der Waals surface area (Å²) in [5, 5.41) is 24.8. The summed E-state index contributed by atoms with van der Waals surface area (Å²) in [6, 6.07) is 11.4. The molecule has 0 aromatic heterocycles. The number of fused-ring (bicyclic) bond motifs is 3. The van der Waals surface area contributed by atoms with Gasteiger partial charge in [0, 0.05) is 30.8 Å². The van der Waals surface area contributed by atoms with Crippen molar-refractivity contribution in [1.82, 2.24) is 5.32 Å². The maximum Gasteiger partial charge on any atom is 0.270 e.